The number of aromatic nitrogens is 1. The maximum absolute atomic E-state index is 11.7. The van der Waals surface area contributed by atoms with Crippen molar-refractivity contribution in [1.82, 2.24) is 4.98 Å². The van der Waals surface area contributed by atoms with Gasteiger partial charge in [-0.25, -0.2) is 8.78 Å². The van der Waals surface area contributed by atoms with Crippen molar-refractivity contribution >= 4 is 5.78 Å². The van der Waals surface area contributed by atoms with Gasteiger partial charge in [-0.1, -0.05) is 6.07 Å². The summed E-state index contributed by atoms with van der Waals surface area (Å²) in [5.74, 6) is -1.07. The van der Waals surface area contributed by atoms with Gasteiger partial charge in [0.1, 0.15) is 0 Å². The van der Waals surface area contributed by atoms with Gasteiger partial charge in [0.25, 0.3) is 6.43 Å². The molecule has 0 amide bonds. The summed E-state index contributed by atoms with van der Waals surface area (Å²) in [6.45, 7) is 0. The van der Waals surface area contributed by atoms with Crippen molar-refractivity contribution in [2.75, 3.05) is 0 Å². The normalized spacial score (nSPS) is 10.2. The van der Waals surface area contributed by atoms with Gasteiger partial charge in [0, 0.05) is 18.8 Å². The van der Waals surface area contributed by atoms with Crippen LogP contribution in [0, 0.1) is 0 Å². The van der Waals surface area contributed by atoms with Crippen LogP contribution in [0.1, 0.15) is 5.56 Å². The van der Waals surface area contributed by atoms with E-state index in [-0.39, 0.29) is 6.42 Å². The Labute approximate surface area is 68.2 Å². The molecule has 1 aromatic heterocycles. The average molecular weight is 171 g/mol. The molecule has 2 nitrogen and oxygen atoms in total. The third kappa shape index (κ3) is 2.38. The molecular weight excluding hydrogens is 164 g/mol. The number of alkyl halides is 2. The number of nitrogens with zero attached hydrogens (tertiary/aromatic N) is 1. The number of rotatable bonds is 3. The number of halogens is 2. The van der Waals surface area contributed by atoms with Gasteiger partial charge < -0.3 is 0 Å². The molecule has 64 valence electrons. The van der Waals surface area contributed by atoms with Crippen LogP contribution in [-0.4, -0.2) is 17.2 Å². The van der Waals surface area contributed by atoms with Gasteiger partial charge in [-0.2, -0.15) is 0 Å². The van der Waals surface area contributed by atoms with Crippen molar-refractivity contribution in [1.29, 1.82) is 0 Å². The molecule has 0 unspecified atom stereocenters. The fourth-order valence-electron chi connectivity index (χ4n) is 0.781. The summed E-state index contributed by atoms with van der Waals surface area (Å²) < 4.78 is 23.5. The predicted molar refractivity (Wildman–Crippen MR) is 39.0 cm³/mol. The lowest BCUT2D eigenvalue weighted by atomic mass is 10.1. The highest BCUT2D eigenvalue weighted by Crippen LogP contribution is 2.03. The number of Topliss-reactive ketones (excluding diaryl/α,β-unsaturated/α-hetero) is 1. The number of carbonyl (C=O) groups is 1. The van der Waals surface area contributed by atoms with E-state index < -0.39 is 12.2 Å². The predicted octanol–water partition coefficient (Wildman–Crippen LogP) is 1.46. The van der Waals surface area contributed by atoms with Crippen LogP contribution >= 0.6 is 0 Å². The van der Waals surface area contributed by atoms with Crippen molar-refractivity contribution in [2.45, 2.75) is 12.8 Å². The van der Waals surface area contributed by atoms with Crippen LogP contribution < -0.4 is 0 Å². The van der Waals surface area contributed by atoms with Crippen LogP contribution in [0.25, 0.3) is 0 Å². The highest BCUT2D eigenvalue weighted by Gasteiger charge is 2.14. The van der Waals surface area contributed by atoms with E-state index in [0.29, 0.717) is 5.56 Å². The Hall–Kier alpha value is -1.32. The Morgan fingerprint density at radius 2 is 2.33 bits per heavy atom. The first kappa shape index (κ1) is 8.77. The van der Waals surface area contributed by atoms with Gasteiger partial charge >= 0.3 is 0 Å². The van der Waals surface area contributed by atoms with Crippen molar-refractivity contribution < 1.29 is 13.6 Å². The highest BCUT2D eigenvalue weighted by atomic mass is 19.3. The van der Waals surface area contributed by atoms with Crippen molar-refractivity contribution in [3.8, 4) is 0 Å². The minimum Gasteiger partial charge on any atom is -0.293 e. The molecule has 1 rings (SSSR count). The molecule has 4 heteroatoms. The van der Waals surface area contributed by atoms with E-state index in [1.807, 2.05) is 0 Å². The smallest absolute Gasteiger partial charge is 0.293 e. The first-order chi connectivity index (χ1) is 5.70. The van der Waals surface area contributed by atoms with Crippen LogP contribution in [0.2, 0.25) is 0 Å². The summed E-state index contributed by atoms with van der Waals surface area (Å²) in [7, 11) is 0. The molecule has 0 atom stereocenters. The quantitative estimate of drug-likeness (QED) is 0.689. The van der Waals surface area contributed by atoms with Crippen molar-refractivity contribution in [2.24, 2.45) is 0 Å². The molecule has 12 heavy (non-hydrogen) atoms. The lowest BCUT2D eigenvalue weighted by Crippen LogP contribution is -2.12. The Morgan fingerprint density at radius 3 is 2.83 bits per heavy atom. The molecule has 0 aliphatic carbocycles. The lowest BCUT2D eigenvalue weighted by Gasteiger charge is -1.97. The molecule has 0 bridgehead atoms. The number of hydrogen-bond donors (Lipinski definition) is 0. The summed E-state index contributed by atoms with van der Waals surface area (Å²) in [6.07, 6.45) is -0.201. The van der Waals surface area contributed by atoms with E-state index in [9.17, 15) is 13.6 Å². The molecule has 0 aliphatic rings. The van der Waals surface area contributed by atoms with Crippen molar-refractivity contribution in [3.63, 3.8) is 0 Å². The van der Waals surface area contributed by atoms with E-state index in [4.69, 9.17) is 0 Å². The monoisotopic (exact) mass is 171 g/mol. The molecule has 0 radical (unpaired) electrons. The molecular formula is C8H7F2NO. The number of hydrogen-bond acceptors (Lipinski definition) is 2. The molecule has 0 N–H and O–H groups in total. The van der Waals surface area contributed by atoms with Crippen LogP contribution in [-0.2, 0) is 11.2 Å². The van der Waals surface area contributed by atoms with E-state index in [2.05, 4.69) is 4.98 Å². The van der Waals surface area contributed by atoms with Gasteiger partial charge in [0.15, 0.2) is 0 Å². The standard InChI is InChI=1S/C8H7F2NO/c9-8(10)7(12)4-6-2-1-3-11-5-6/h1-3,5,8H,4H2. The molecule has 0 aromatic carbocycles. The van der Waals surface area contributed by atoms with Gasteiger partial charge in [0.05, 0.1) is 0 Å². The first-order valence-corrected chi connectivity index (χ1v) is 3.40. The fourth-order valence-corrected chi connectivity index (χ4v) is 0.781. The second-order valence-corrected chi connectivity index (χ2v) is 2.31. The van der Waals surface area contributed by atoms with Crippen molar-refractivity contribution in [3.05, 3.63) is 30.1 Å². The molecule has 0 saturated heterocycles. The lowest BCUT2D eigenvalue weighted by molar-refractivity contribution is -0.128. The summed E-state index contributed by atoms with van der Waals surface area (Å²) in [5, 5.41) is 0. The zero-order valence-electron chi connectivity index (χ0n) is 6.21. The number of carbonyl (C=O) groups excluding carboxylic acids is 1. The maximum Gasteiger partial charge on any atom is 0.296 e. The van der Waals surface area contributed by atoms with Crippen LogP contribution in [0.15, 0.2) is 24.5 Å². The summed E-state index contributed by atoms with van der Waals surface area (Å²) in [5.41, 5.74) is 0.516. The van der Waals surface area contributed by atoms with Gasteiger partial charge in [-0.05, 0) is 11.6 Å². The minimum atomic E-state index is -2.88. The van der Waals surface area contributed by atoms with E-state index in [0.717, 1.165) is 0 Å². The topological polar surface area (TPSA) is 30.0 Å². The number of pyridine rings is 1. The molecule has 0 fully saturated rings. The minimum absolute atomic E-state index is 0.245. The molecule has 0 saturated carbocycles. The fraction of sp³-hybridized carbons (Fsp3) is 0.250. The highest BCUT2D eigenvalue weighted by molar-refractivity contribution is 5.83. The molecule has 0 aliphatic heterocycles. The summed E-state index contributed by atoms with van der Waals surface area (Å²) in [6, 6.07) is 3.20. The molecule has 1 heterocycles. The van der Waals surface area contributed by atoms with E-state index in [1.54, 1.807) is 12.1 Å². The zero-order chi connectivity index (χ0) is 8.97. The second-order valence-electron chi connectivity index (χ2n) is 2.31. The first-order valence-electron chi connectivity index (χ1n) is 3.40. The van der Waals surface area contributed by atoms with Crippen LogP contribution in [0.4, 0.5) is 8.78 Å². The SMILES string of the molecule is O=C(Cc1cccnc1)C(F)F. The molecule has 0 spiro atoms. The molecule has 1 aromatic rings. The van der Waals surface area contributed by atoms with E-state index in [1.165, 1.54) is 12.4 Å². The van der Waals surface area contributed by atoms with Gasteiger partial charge in [-0.3, -0.25) is 9.78 Å². The third-order valence-electron chi connectivity index (χ3n) is 1.34. The maximum atomic E-state index is 11.7. The Morgan fingerprint density at radius 1 is 1.58 bits per heavy atom. The second kappa shape index (κ2) is 3.90. The zero-order valence-corrected chi connectivity index (χ0v) is 6.21. The average Bonchev–Trinajstić information content (AvgIpc) is 2.06. The summed E-state index contributed by atoms with van der Waals surface area (Å²) in [4.78, 5) is 14.2. The van der Waals surface area contributed by atoms with E-state index >= 15 is 0 Å². The van der Waals surface area contributed by atoms with Gasteiger partial charge in [0.2, 0.25) is 5.78 Å². The Kier molecular flexibility index (Phi) is 2.85. The Bertz CT molecular complexity index is 261. The summed E-state index contributed by atoms with van der Waals surface area (Å²) >= 11 is 0. The third-order valence-corrected chi connectivity index (χ3v) is 1.34. The van der Waals surface area contributed by atoms with Crippen LogP contribution in [0.3, 0.4) is 0 Å². The Balaban J connectivity index is 2.59. The van der Waals surface area contributed by atoms with Crippen LogP contribution in [0.5, 0.6) is 0 Å². The van der Waals surface area contributed by atoms with Gasteiger partial charge in [-0.15, -0.1) is 0 Å². The largest absolute Gasteiger partial charge is 0.296 e. The number of ketones is 1.